The molecule has 20 heavy (non-hydrogen) atoms. The predicted molar refractivity (Wildman–Crippen MR) is 75.2 cm³/mol. The molecule has 1 N–H and O–H groups in total. The van der Waals surface area contributed by atoms with Crippen LogP contribution in [-0.4, -0.2) is 37.8 Å². The van der Waals surface area contributed by atoms with Crippen LogP contribution in [0.4, 0.5) is 11.4 Å². The van der Waals surface area contributed by atoms with Gasteiger partial charge in [0, 0.05) is 26.2 Å². The molecular formula is C12H17N3O4S. The Labute approximate surface area is 117 Å². The molecule has 0 heterocycles. The minimum absolute atomic E-state index is 0.00281. The summed E-state index contributed by atoms with van der Waals surface area (Å²) in [6.07, 6.45) is 2.70. The molecule has 8 heteroatoms. The van der Waals surface area contributed by atoms with E-state index in [-0.39, 0.29) is 16.6 Å². The molecule has 0 atom stereocenters. The maximum Gasteiger partial charge on any atom is 0.293 e. The molecule has 0 spiro atoms. The number of hydrogen-bond donors (Lipinski definition) is 1. The van der Waals surface area contributed by atoms with Gasteiger partial charge in [-0.05, 0) is 25.0 Å². The molecule has 0 radical (unpaired) electrons. The molecule has 0 bridgehead atoms. The van der Waals surface area contributed by atoms with Gasteiger partial charge in [-0.15, -0.1) is 0 Å². The molecule has 1 fully saturated rings. The summed E-state index contributed by atoms with van der Waals surface area (Å²) in [6, 6.07) is 3.92. The van der Waals surface area contributed by atoms with Gasteiger partial charge in [0.05, 0.1) is 9.82 Å². The smallest absolute Gasteiger partial charge is 0.293 e. The number of hydrogen-bond acceptors (Lipinski definition) is 5. The maximum absolute atomic E-state index is 12.4. The lowest BCUT2D eigenvalue weighted by atomic mass is 9.94. The molecule has 0 aromatic heterocycles. The minimum Gasteiger partial charge on any atom is -0.383 e. The number of benzene rings is 1. The zero-order valence-electron chi connectivity index (χ0n) is 11.4. The second-order valence-electron chi connectivity index (χ2n) is 4.79. The Balaban J connectivity index is 2.41. The number of nitrogens with one attached hydrogen (secondary N) is 1. The quantitative estimate of drug-likeness (QED) is 0.661. The van der Waals surface area contributed by atoms with Crippen LogP contribution in [0.5, 0.6) is 0 Å². The van der Waals surface area contributed by atoms with Crippen molar-refractivity contribution in [2.75, 3.05) is 19.4 Å². The summed E-state index contributed by atoms with van der Waals surface area (Å²) >= 11 is 0. The van der Waals surface area contributed by atoms with Gasteiger partial charge in [-0.2, -0.15) is 4.31 Å². The van der Waals surface area contributed by atoms with Crippen molar-refractivity contribution in [3.8, 4) is 0 Å². The Morgan fingerprint density at radius 3 is 2.50 bits per heavy atom. The van der Waals surface area contributed by atoms with Crippen LogP contribution >= 0.6 is 0 Å². The average Bonchev–Trinajstić information content (AvgIpc) is 2.35. The molecule has 7 nitrogen and oxygen atoms in total. The standard InChI is InChI=1S/C12H17N3O4S/c1-13-11-7-6-10(8-12(11)15(16)17)20(18,19)14(2)9-4-3-5-9/h6-9,13H,3-5H2,1-2H3. The molecule has 1 aromatic carbocycles. The zero-order valence-corrected chi connectivity index (χ0v) is 12.2. The van der Waals surface area contributed by atoms with E-state index in [0.717, 1.165) is 25.3 Å². The van der Waals surface area contributed by atoms with E-state index in [4.69, 9.17) is 0 Å². The second-order valence-corrected chi connectivity index (χ2v) is 6.79. The van der Waals surface area contributed by atoms with Crippen LogP contribution < -0.4 is 5.32 Å². The normalized spacial score (nSPS) is 15.9. The summed E-state index contributed by atoms with van der Waals surface area (Å²) in [5, 5.41) is 13.7. The van der Waals surface area contributed by atoms with Gasteiger partial charge in [0.15, 0.2) is 0 Å². The third-order valence-corrected chi connectivity index (χ3v) is 5.61. The minimum atomic E-state index is -3.68. The van der Waals surface area contributed by atoms with E-state index in [1.54, 1.807) is 7.05 Å². The summed E-state index contributed by atoms with van der Waals surface area (Å²) in [5.41, 5.74) is 0.0517. The molecule has 0 amide bonds. The monoisotopic (exact) mass is 299 g/mol. The number of rotatable bonds is 5. The predicted octanol–water partition coefficient (Wildman–Crippen LogP) is 1.81. The van der Waals surface area contributed by atoms with E-state index in [9.17, 15) is 18.5 Å². The number of nitrogens with zero attached hydrogens (tertiary/aromatic N) is 2. The Bertz CT molecular complexity index is 626. The average molecular weight is 299 g/mol. The first kappa shape index (κ1) is 14.7. The first-order chi connectivity index (χ1) is 9.37. The van der Waals surface area contributed by atoms with Crippen LogP contribution in [0.1, 0.15) is 19.3 Å². The zero-order chi connectivity index (χ0) is 14.9. The fourth-order valence-corrected chi connectivity index (χ4v) is 3.58. The molecule has 0 aliphatic heterocycles. The first-order valence-corrected chi connectivity index (χ1v) is 7.76. The molecule has 1 aliphatic rings. The molecule has 0 unspecified atom stereocenters. The van der Waals surface area contributed by atoms with E-state index in [1.807, 2.05) is 0 Å². The lowest BCUT2D eigenvalue weighted by molar-refractivity contribution is -0.384. The fraction of sp³-hybridized carbons (Fsp3) is 0.500. The van der Waals surface area contributed by atoms with Gasteiger partial charge in [0.2, 0.25) is 10.0 Å². The highest BCUT2D eigenvalue weighted by Crippen LogP contribution is 2.32. The van der Waals surface area contributed by atoms with Crippen LogP contribution in [0.15, 0.2) is 23.1 Å². The molecule has 1 saturated carbocycles. The van der Waals surface area contributed by atoms with Crippen LogP contribution in [-0.2, 0) is 10.0 Å². The van der Waals surface area contributed by atoms with Crippen molar-refractivity contribution in [2.45, 2.75) is 30.2 Å². The van der Waals surface area contributed by atoms with Crippen molar-refractivity contribution < 1.29 is 13.3 Å². The van der Waals surface area contributed by atoms with E-state index >= 15 is 0 Å². The molecular weight excluding hydrogens is 282 g/mol. The Kier molecular flexibility index (Phi) is 3.96. The second kappa shape index (κ2) is 5.37. The number of anilines is 1. The summed E-state index contributed by atoms with van der Waals surface area (Å²) in [4.78, 5) is 10.4. The van der Waals surface area contributed by atoms with E-state index < -0.39 is 14.9 Å². The highest BCUT2D eigenvalue weighted by atomic mass is 32.2. The Hall–Kier alpha value is -1.67. The van der Waals surface area contributed by atoms with Crippen molar-refractivity contribution in [3.05, 3.63) is 28.3 Å². The van der Waals surface area contributed by atoms with E-state index in [2.05, 4.69) is 5.32 Å². The van der Waals surface area contributed by atoms with Crippen molar-refractivity contribution in [1.82, 2.24) is 4.31 Å². The SMILES string of the molecule is CNc1ccc(S(=O)(=O)N(C)C2CCC2)cc1[N+](=O)[O-]. The largest absolute Gasteiger partial charge is 0.383 e. The van der Waals surface area contributed by atoms with Crippen LogP contribution in [0, 0.1) is 10.1 Å². The Morgan fingerprint density at radius 1 is 1.40 bits per heavy atom. The Morgan fingerprint density at radius 2 is 2.05 bits per heavy atom. The van der Waals surface area contributed by atoms with Gasteiger partial charge >= 0.3 is 0 Å². The highest BCUT2D eigenvalue weighted by molar-refractivity contribution is 7.89. The molecule has 2 rings (SSSR count). The van der Waals surface area contributed by atoms with E-state index in [1.165, 1.54) is 23.5 Å². The van der Waals surface area contributed by atoms with Gasteiger partial charge in [-0.1, -0.05) is 6.42 Å². The third-order valence-electron chi connectivity index (χ3n) is 3.70. The van der Waals surface area contributed by atoms with Crippen molar-refractivity contribution in [3.63, 3.8) is 0 Å². The molecule has 0 saturated heterocycles. The number of nitro benzene ring substituents is 1. The van der Waals surface area contributed by atoms with Gasteiger partial charge in [-0.3, -0.25) is 10.1 Å². The van der Waals surface area contributed by atoms with Crippen molar-refractivity contribution in [2.24, 2.45) is 0 Å². The maximum atomic E-state index is 12.4. The number of sulfonamides is 1. The molecule has 1 aliphatic carbocycles. The summed E-state index contributed by atoms with van der Waals surface area (Å²) in [6.45, 7) is 0. The summed E-state index contributed by atoms with van der Waals surface area (Å²) in [7, 11) is -0.602. The lowest BCUT2D eigenvalue weighted by Gasteiger charge is -2.33. The summed E-state index contributed by atoms with van der Waals surface area (Å²) in [5.74, 6) is 0. The van der Waals surface area contributed by atoms with Crippen molar-refractivity contribution >= 4 is 21.4 Å². The van der Waals surface area contributed by atoms with Crippen molar-refractivity contribution in [1.29, 1.82) is 0 Å². The summed E-state index contributed by atoms with van der Waals surface area (Å²) < 4.78 is 26.2. The van der Waals surface area contributed by atoms with Gasteiger partial charge in [0.25, 0.3) is 5.69 Å². The van der Waals surface area contributed by atoms with Crippen LogP contribution in [0.25, 0.3) is 0 Å². The third kappa shape index (κ3) is 2.48. The van der Waals surface area contributed by atoms with Gasteiger partial charge in [0.1, 0.15) is 5.69 Å². The topological polar surface area (TPSA) is 92.6 Å². The van der Waals surface area contributed by atoms with Gasteiger partial charge in [-0.25, -0.2) is 8.42 Å². The lowest BCUT2D eigenvalue weighted by Crippen LogP contribution is -2.41. The van der Waals surface area contributed by atoms with Crippen LogP contribution in [0.3, 0.4) is 0 Å². The number of nitro groups is 1. The fourth-order valence-electron chi connectivity index (χ4n) is 2.15. The first-order valence-electron chi connectivity index (χ1n) is 6.32. The highest BCUT2D eigenvalue weighted by Gasteiger charge is 2.32. The van der Waals surface area contributed by atoms with Crippen LogP contribution in [0.2, 0.25) is 0 Å². The van der Waals surface area contributed by atoms with Gasteiger partial charge < -0.3 is 5.32 Å². The molecule has 110 valence electrons. The van der Waals surface area contributed by atoms with E-state index in [0.29, 0.717) is 5.69 Å². The molecule has 1 aromatic rings.